The Labute approximate surface area is 109 Å². The van der Waals surface area contributed by atoms with Gasteiger partial charge in [0.15, 0.2) is 5.78 Å². The molecule has 0 heterocycles. The number of ether oxygens (including phenoxy) is 1. The summed E-state index contributed by atoms with van der Waals surface area (Å²) in [5, 5.41) is 0. The van der Waals surface area contributed by atoms with E-state index in [2.05, 4.69) is 0 Å². The van der Waals surface area contributed by atoms with Gasteiger partial charge in [-0.1, -0.05) is 19.4 Å². The third-order valence-electron chi connectivity index (χ3n) is 3.41. The average Bonchev–Trinajstić information content (AvgIpc) is 2.31. The molecule has 0 amide bonds. The van der Waals surface area contributed by atoms with Crippen LogP contribution in [-0.4, -0.2) is 18.4 Å². The molecule has 0 aliphatic carbocycles. The lowest BCUT2D eigenvalue weighted by molar-refractivity contribution is 0.0889. The Balaban J connectivity index is 3.26. The SMILES string of the molecule is CCCC(C)(N)C(=O)c1ccc(C)c(C)c1OC. The summed E-state index contributed by atoms with van der Waals surface area (Å²) in [5.41, 5.74) is 7.97. The second kappa shape index (κ2) is 5.53. The van der Waals surface area contributed by atoms with Crippen molar-refractivity contribution < 1.29 is 9.53 Å². The average molecular weight is 249 g/mol. The second-order valence-corrected chi connectivity index (χ2v) is 5.08. The molecule has 100 valence electrons. The molecule has 3 heteroatoms. The first-order chi connectivity index (χ1) is 8.35. The Morgan fingerprint density at radius 3 is 2.50 bits per heavy atom. The van der Waals surface area contributed by atoms with Crippen LogP contribution in [0.25, 0.3) is 0 Å². The van der Waals surface area contributed by atoms with Crippen molar-refractivity contribution in [1.29, 1.82) is 0 Å². The van der Waals surface area contributed by atoms with E-state index in [1.807, 2.05) is 32.9 Å². The van der Waals surface area contributed by atoms with Gasteiger partial charge in [0, 0.05) is 0 Å². The minimum absolute atomic E-state index is 0.0516. The summed E-state index contributed by atoms with van der Waals surface area (Å²) in [6.07, 6.45) is 1.55. The molecule has 0 radical (unpaired) electrons. The van der Waals surface area contributed by atoms with Gasteiger partial charge in [-0.15, -0.1) is 0 Å². The van der Waals surface area contributed by atoms with Gasteiger partial charge in [-0.3, -0.25) is 4.79 Å². The highest BCUT2D eigenvalue weighted by Crippen LogP contribution is 2.29. The summed E-state index contributed by atoms with van der Waals surface area (Å²) < 4.78 is 5.37. The van der Waals surface area contributed by atoms with E-state index in [4.69, 9.17) is 10.5 Å². The number of aryl methyl sites for hydroxylation is 1. The van der Waals surface area contributed by atoms with E-state index >= 15 is 0 Å². The number of Topliss-reactive ketones (excluding diaryl/α,β-unsaturated/α-hetero) is 1. The normalized spacial score (nSPS) is 14.1. The van der Waals surface area contributed by atoms with Crippen molar-refractivity contribution in [2.45, 2.75) is 46.1 Å². The molecular weight excluding hydrogens is 226 g/mol. The quantitative estimate of drug-likeness (QED) is 0.816. The smallest absolute Gasteiger partial charge is 0.186 e. The molecule has 0 aliphatic rings. The van der Waals surface area contributed by atoms with Crippen LogP contribution in [0.15, 0.2) is 12.1 Å². The largest absolute Gasteiger partial charge is 0.496 e. The maximum Gasteiger partial charge on any atom is 0.186 e. The van der Waals surface area contributed by atoms with Crippen molar-refractivity contribution in [3.05, 3.63) is 28.8 Å². The molecule has 1 atom stereocenters. The molecular formula is C15H23NO2. The molecule has 0 saturated heterocycles. The molecule has 0 bridgehead atoms. The maximum absolute atomic E-state index is 12.5. The van der Waals surface area contributed by atoms with Crippen molar-refractivity contribution in [1.82, 2.24) is 0 Å². The molecule has 0 saturated carbocycles. The number of benzene rings is 1. The van der Waals surface area contributed by atoms with E-state index in [1.54, 1.807) is 14.0 Å². The maximum atomic E-state index is 12.5. The van der Waals surface area contributed by atoms with Gasteiger partial charge in [0.1, 0.15) is 5.75 Å². The highest BCUT2D eigenvalue weighted by Gasteiger charge is 2.30. The van der Waals surface area contributed by atoms with Crippen LogP contribution < -0.4 is 10.5 Å². The Morgan fingerprint density at radius 2 is 2.00 bits per heavy atom. The summed E-state index contributed by atoms with van der Waals surface area (Å²) in [7, 11) is 1.59. The fraction of sp³-hybridized carbons (Fsp3) is 0.533. The molecule has 0 aromatic heterocycles. The fourth-order valence-electron chi connectivity index (χ4n) is 2.17. The van der Waals surface area contributed by atoms with Gasteiger partial charge in [0.25, 0.3) is 0 Å². The first-order valence-electron chi connectivity index (χ1n) is 6.33. The van der Waals surface area contributed by atoms with Gasteiger partial charge in [-0.2, -0.15) is 0 Å². The number of ketones is 1. The molecule has 0 spiro atoms. The Kier molecular flexibility index (Phi) is 4.52. The summed E-state index contributed by atoms with van der Waals surface area (Å²) in [6, 6.07) is 3.75. The third kappa shape index (κ3) is 2.72. The predicted octanol–water partition coefficient (Wildman–Crippen LogP) is 3.01. The van der Waals surface area contributed by atoms with E-state index in [9.17, 15) is 4.79 Å². The minimum Gasteiger partial charge on any atom is -0.496 e. The molecule has 0 aliphatic heterocycles. The van der Waals surface area contributed by atoms with Gasteiger partial charge < -0.3 is 10.5 Å². The van der Waals surface area contributed by atoms with Gasteiger partial charge >= 0.3 is 0 Å². The van der Waals surface area contributed by atoms with E-state index in [1.165, 1.54) is 0 Å². The molecule has 3 nitrogen and oxygen atoms in total. The zero-order chi connectivity index (χ0) is 13.9. The third-order valence-corrected chi connectivity index (χ3v) is 3.41. The number of hydrogen-bond donors (Lipinski definition) is 1. The summed E-state index contributed by atoms with van der Waals surface area (Å²) >= 11 is 0. The van der Waals surface area contributed by atoms with Gasteiger partial charge in [0.2, 0.25) is 0 Å². The van der Waals surface area contributed by atoms with Crippen LogP contribution in [0.2, 0.25) is 0 Å². The van der Waals surface area contributed by atoms with Crippen LogP contribution in [0.3, 0.4) is 0 Å². The number of carbonyl (C=O) groups excluding carboxylic acids is 1. The number of carbonyl (C=O) groups is 1. The molecule has 1 aromatic rings. The number of nitrogens with two attached hydrogens (primary N) is 1. The number of rotatable bonds is 5. The van der Waals surface area contributed by atoms with Crippen molar-refractivity contribution >= 4 is 5.78 Å². The standard InChI is InChI=1S/C15H23NO2/c1-6-9-15(4,16)14(17)12-8-7-10(2)11(3)13(12)18-5/h7-8H,6,9,16H2,1-5H3. The summed E-state index contributed by atoms with van der Waals surface area (Å²) in [4.78, 5) is 12.5. The highest BCUT2D eigenvalue weighted by molar-refractivity contribution is 6.05. The minimum atomic E-state index is -0.830. The van der Waals surface area contributed by atoms with E-state index in [0.717, 1.165) is 17.5 Å². The number of hydrogen-bond acceptors (Lipinski definition) is 3. The molecule has 18 heavy (non-hydrogen) atoms. The van der Waals surface area contributed by atoms with E-state index in [-0.39, 0.29) is 5.78 Å². The lowest BCUT2D eigenvalue weighted by Gasteiger charge is -2.24. The molecule has 0 fully saturated rings. The lowest BCUT2D eigenvalue weighted by atomic mass is 9.86. The molecule has 1 aromatic carbocycles. The lowest BCUT2D eigenvalue weighted by Crippen LogP contribution is -2.44. The van der Waals surface area contributed by atoms with E-state index < -0.39 is 5.54 Å². The Morgan fingerprint density at radius 1 is 1.39 bits per heavy atom. The van der Waals surface area contributed by atoms with Gasteiger partial charge in [-0.25, -0.2) is 0 Å². The monoisotopic (exact) mass is 249 g/mol. The first kappa shape index (κ1) is 14.7. The van der Waals surface area contributed by atoms with Crippen LogP contribution in [0.4, 0.5) is 0 Å². The van der Waals surface area contributed by atoms with Crippen molar-refractivity contribution in [3.63, 3.8) is 0 Å². The zero-order valence-corrected chi connectivity index (χ0v) is 12.0. The van der Waals surface area contributed by atoms with Crippen LogP contribution in [0.5, 0.6) is 5.75 Å². The van der Waals surface area contributed by atoms with Crippen molar-refractivity contribution in [2.75, 3.05) is 7.11 Å². The molecule has 2 N–H and O–H groups in total. The topological polar surface area (TPSA) is 52.3 Å². The molecule has 1 rings (SSSR count). The predicted molar refractivity (Wildman–Crippen MR) is 74.3 cm³/mol. The first-order valence-corrected chi connectivity index (χ1v) is 6.33. The highest BCUT2D eigenvalue weighted by atomic mass is 16.5. The molecule has 1 unspecified atom stereocenters. The van der Waals surface area contributed by atoms with Gasteiger partial charge in [0.05, 0.1) is 18.2 Å². The summed E-state index contributed by atoms with van der Waals surface area (Å²) in [6.45, 7) is 7.77. The van der Waals surface area contributed by atoms with Crippen LogP contribution in [0.1, 0.15) is 48.2 Å². The van der Waals surface area contributed by atoms with Crippen molar-refractivity contribution in [2.24, 2.45) is 5.73 Å². The van der Waals surface area contributed by atoms with Crippen molar-refractivity contribution in [3.8, 4) is 5.75 Å². The summed E-state index contributed by atoms with van der Waals surface area (Å²) in [5.74, 6) is 0.595. The van der Waals surface area contributed by atoms with Gasteiger partial charge in [-0.05, 0) is 44.4 Å². The Bertz CT molecular complexity index is 450. The Hall–Kier alpha value is -1.35. The van der Waals surface area contributed by atoms with E-state index in [0.29, 0.717) is 17.7 Å². The second-order valence-electron chi connectivity index (χ2n) is 5.08. The number of methoxy groups -OCH3 is 1. The fourth-order valence-corrected chi connectivity index (χ4v) is 2.17. The van der Waals surface area contributed by atoms with Crippen LogP contribution in [0, 0.1) is 13.8 Å². The van der Waals surface area contributed by atoms with Crippen LogP contribution in [-0.2, 0) is 0 Å². The zero-order valence-electron chi connectivity index (χ0n) is 12.0. The van der Waals surface area contributed by atoms with Crippen LogP contribution >= 0.6 is 0 Å².